The molecule has 1 heterocycles. The summed E-state index contributed by atoms with van der Waals surface area (Å²) in [7, 11) is 0. The normalized spacial score (nSPS) is 14.9. The topological polar surface area (TPSA) is 79.6 Å². The number of nitrogens with one attached hydrogen (secondary N) is 2. The molecule has 0 bridgehead atoms. The van der Waals surface area contributed by atoms with Gasteiger partial charge in [0.25, 0.3) is 0 Å². The Kier molecular flexibility index (Phi) is 4.87. The average Bonchev–Trinajstić information content (AvgIpc) is 3.05. The Morgan fingerprint density at radius 3 is 2.64 bits per heavy atom. The van der Waals surface area contributed by atoms with E-state index in [-0.39, 0.29) is 12.2 Å². The third kappa shape index (κ3) is 3.77. The van der Waals surface area contributed by atoms with Gasteiger partial charge in [0, 0.05) is 17.8 Å². The van der Waals surface area contributed by atoms with Gasteiger partial charge in [-0.2, -0.15) is 5.06 Å². The molecule has 3 aromatic rings. The van der Waals surface area contributed by atoms with E-state index < -0.39 is 0 Å². The van der Waals surface area contributed by atoms with Crippen LogP contribution in [0.4, 0.5) is 16.2 Å². The van der Waals surface area contributed by atoms with Gasteiger partial charge in [0.05, 0.1) is 5.69 Å². The minimum Gasteiger partial charge on any atom is -0.377 e. The van der Waals surface area contributed by atoms with E-state index in [2.05, 4.69) is 10.6 Å². The molecule has 1 unspecified atom stereocenters. The maximum absolute atomic E-state index is 12.1. The summed E-state index contributed by atoms with van der Waals surface area (Å²) < 4.78 is 0. The summed E-state index contributed by atoms with van der Waals surface area (Å²) in [5.41, 5.74) is 10.9. The van der Waals surface area contributed by atoms with Crippen LogP contribution in [0.25, 0.3) is 0 Å². The molecule has 4 N–H and O–H groups in total. The largest absolute Gasteiger partial charge is 0.377 e. The lowest BCUT2D eigenvalue weighted by Gasteiger charge is -2.22. The average molecular weight is 374 g/mol. The number of rotatable bonds is 4. The number of benzene rings is 3. The molecular weight excluding hydrogens is 352 g/mol. The van der Waals surface area contributed by atoms with Gasteiger partial charge in [-0.25, -0.2) is 4.79 Å². The van der Waals surface area contributed by atoms with Gasteiger partial charge >= 0.3 is 6.03 Å². The zero-order chi connectivity index (χ0) is 19.5. The van der Waals surface area contributed by atoms with Crippen LogP contribution in [-0.2, 0) is 6.54 Å². The summed E-state index contributed by atoms with van der Waals surface area (Å²) in [5, 5.41) is 7.37. The van der Waals surface area contributed by atoms with Gasteiger partial charge in [0.2, 0.25) is 0 Å². The van der Waals surface area contributed by atoms with Crippen LogP contribution in [0.3, 0.4) is 0 Å². The van der Waals surface area contributed by atoms with Crippen molar-refractivity contribution in [2.75, 3.05) is 10.4 Å². The molecule has 0 aliphatic carbocycles. The minimum atomic E-state index is -0.371. The molecule has 28 heavy (non-hydrogen) atoms. The molecule has 1 atom stereocenters. The Morgan fingerprint density at radius 2 is 1.86 bits per heavy atom. The van der Waals surface area contributed by atoms with Gasteiger partial charge in [0.1, 0.15) is 6.17 Å². The van der Waals surface area contributed by atoms with Gasteiger partial charge in [-0.3, -0.25) is 0 Å². The van der Waals surface area contributed by atoms with Crippen molar-refractivity contribution in [3.8, 4) is 5.75 Å². The van der Waals surface area contributed by atoms with Crippen molar-refractivity contribution in [2.45, 2.75) is 19.6 Å². The molecule has 0 fully saturated rings. The Balaban J connectivity index is 1.39. The number of amides is 2. The van der Waals surface area contributed by atoms with Gasteiger partial charge < -0.3 is 21.2 Å². The molecule has 142 valence electrons. The van der Waals surface area contributed by atoms with Crippen molar-refractivity contribution >= 4 is 17.4 Å². The fourth-order valence-corrected chi connectivity index (χ4v) is 3.11. The van der Waals surface area contributed by atoms with Gasteiger partial charge in [0.15, 0.2) is 5.75 Å². The molecule has 4 rings (SSSR count). The summed E-state index contributed by atoms with van der Waals surface area (Å²) in [4.78, 5) is 18.0. The predicted molar refractivity (Wildman–Crippen MR) is 110 cm³/mol. The first-order valence-electron chi connectivity index (χ1n) is 9.12. The number of carbonyl (C=O) groups excluding carboxylic acids is 1. The highest BCUT2D eigenvalue weighted by Gasteiger charge is 2.29. The number of anilines is 2. The summed E-state index contributed by atoms with van der Waals surface area (Å²) in [6.45, 7) is 2.40. The molecule has 3 aromatic carbocycles. The number of nitrogens with zero attached hydrogens (tertiary/aromatic N) is 1. The first-order valence-corrected chi connectivity index (χ1v) is 9.12. The van der Waals surface area contributed by atoms with Crippen molar-refractivity contribution in [3.05, 3.63) is 89.5 Å². The maximum atomic E-state index is 12.1. The lowest BCUT2D eigenvalue weighted by atomic mass is 10.1. The summed E-state index contributed by atoms with van der Waals surface area (Å²) in [5.74, 6) is 0.760. The smallest absolute Gasteiger partial charge is 0.319 e. The summed E-state index contributed by atoms with van der Waals surface area (Å²) in [6.07, 6.45) is -0.371. The minimum absolute atomic E-state index is 0.254. The lowest BCUT2D eigenvalue weighted by molar-refractivity contribution is 0.251. The lowest BCUT2D eigenvalue weighted by Crippen LogP contribution is -2.32. The quantitative estimate of drug-likeness (QED) is 0.643. The van der Waals surface area contributed by atoms with Crippen LogP contribution >= 0.6 is 0 Å². The van der Waals surface area contributed by atoms with Gasteiger partial charge in [-0.05, 0) is 42.8 Å². The van der Waals surface area contributed by atoms with Crippen molar-refractivity contribution in [3.63, 3.8) is 0 Å². The standard InChI is InChI=1S/C22H22N4O2/c1-15-9-11-17(12-10-15)25-22(27)24-14-16-5-4-6-18(13-16)26-21(23)19-7-2-3-8-20(19)28-26/h2-13,21H,14,23H2,1H3,(H2,24,25,27). The highest BCUT2D eigenvalue weighted by atomic mass is 16.7. The molecule has 0 saturated heterocycles. The van der Waals surface area contributed by atoms with Crippen LogP contribution in [0, 0.1) is 6.92 Å². The predicted octanol–water partition coefficient (Wildman–Crippen LogP) is 4.09. The Morgan fingerprint density at radius 1 is 1.07 bits per heavy atom. The number of hydroxylamine groups is 1. The van der Waals surface area contributed by atoms with Crippen molar-refractivity contribution < 1.29 is 9.63 Å². The van der Waals surface area contributed by atoms with Crippen LogP contribution in [0.5, 0.6) is 5.75 Å². The molecule has 0 saturated carbocycles. The second-order valence-electron chi connectivity index (χ2n) is 6.74. The van der Waals surface area contributed by atoms with Crippen molar-refractivity contribution in [1.82, 2.24) is 5.32 Å². The van der Waals surface area contributed by atoms with E-state index in [4.69, 9.17) is 10.6 Å². The Labute approximate surface area is 163 Å². The number of nitrogens with two attached hydrogens (primary N) is 1. The van der Waals surface area contributed by atoms with E-state index >= 15 is 0 Å². The molecule has 0 aromatic heterocycles. The van der Waals surface area contributed by atoms with E-state index in [0.717, 1.165) is 33.8 Å². The van der Waals surface area contributed by atoms with E-state index in [1.165, 1.54) is 0 Å². The van der Waals surface area contributed by atoms with Crippen LogP contribution < -0.4 is 26.3 Å². The first-order chi connectivity index (χ1) is 13.6. The molecule has 6 nitrogen and oxygen atoms in total. The SMILES string of the molecule is Cc1ccc(NC(=O)NCc2cccc(N3Oc4ccccc4C3N)c2)cc1. The van der Waals surface area contributed by atoms with Crippen LogP contribution in [0.15, 0.2) is 72.8 Å². The summed E-state index contributed by atoms with van der Waals surface area (Å²) >= 11 is 0. The molecule has 1 aliphatic rings. The maximum Gasteiger partial charge on any atom is 0.319 e. The Hall–Kier alpha value is -3.51. The van der Waals surface area contributed by atoms with Crippen LogP contribution in [0.2, 0.25) is 0 Å². The van der Waals surface area contributed by atoms with E-state index in [9.17, 15) is 4.79 Å². The second-order valence-corrected chi connectivity index (χ2v) is 6.74. The molecule has 6 heteroatoms. The number of hydrogen-bond donors (Lipinski definition) is 3. The number of carbonyl (C=O) groups is 1. The van der Waals surface area contributed by atoms with Crippen molar-refractivity contribution in [1.29, 1.82) is 0 Å². The monoisotopic (exact) mass is 374 g/mol. The molecule has 0 radical (unpaired) electrons. The van der Waals surface area contributed by atoms with E-state index in [0.29, 0.717) is 6.54 Å². The number of fused-ring (bicyclic) bond motifs is 1. The zero-order valence-electron chi connectivity index (χ0n) is 15.6. The number of hydrogen-bond acceptors (Lipinski definition) is 4. The summed E-state index contributed by atoms with van der Waals surface area (Å²) in [6, 6.07) is 22.9. The zero-order valence-corrected chi connectivity index (χ0v) is 15.6. The number of para-hydroxylation sites is 1. The third-order valence-corrected chi connectivity index (χ3v) is 4.61. The van der Waals surface area contributed by atoms with Gasteiger partial charge in [-0.15, -0.1) is 0 Å². The van der Waals surface area contributed by atoms with Gasteiger partial charge in [-0.1, -0.05) is 48.0 Å². The van der Waals surface area contributed by atoms with Crippen LogP contribution in [0.1, 0.15) is 22.9 Å². The van der Waals surface area contributed by atoms with Crippen LogP contribution in [-0.4, -0.2) is 6.03 Å². The third-order valence-electron chi connectivity index (χ3n) is 4.61. The van der Waals surface area contributed by atoms with E-state index in [1.807, 2.05) is 79.7 Å². The molecular formula is C22H22N4O2. The highest BCUT2D eigenvalue weighted by molar-refractivity contribution is 5.89. The second kappa shape index (κ2) is 7.62. The fraction of sp³-hybridized carbons (Fsp3) is 0.136. The molecule has 2 amide bonds. The number of aryl methyl sites for hydroxylation is 1. The van der Waals surface area contributed by atoms with E-state index in [1.54, 1.807) is 5.06 Å². The number of urea groups is 1. The molecule has 0 spiro atoms. The first kappa shape index (κ1) is 17.9. The van der Waals surface area contributed by atoms with Crippen molar-refractivity contribution in [2.24, 2.45) is 5.73 Å². The molecule has 1 aliphatic heterocycles. The fourth-order valence-electron chi connectivity index (χ4n) is 3.11. The highest BCUT2D eigenvalue weighted by Crippen LogP contribution is 2.37. The Bertz CT molecular complexity index is 988.